The van der Waals surface area contributed by atoms with E-state index in [4.69, 9.17) is 5.11 Å². The molecule has 0 unspecified atom stereocenters. The van der Waals surface area contributed by atoms with Crippen LogP contribution in [0.2, 0.25) is 0 Å². The summed E-state index contributed by atoms with van der Waals surface area (Å²) in [6, 6.07) is 8.16. The Balaban J connectivity index is 1.95. The molecule has 1 heterocycles. The van der Waals surface area contributed by atoms with Gasteiger partial charge in [-0.3, -0.25) is 4.68 Å². The standard InChI is InChI=1S/C12H14IN3O/c13-11-3-1-2-4-12(11)14-7-10-8-15-16(9-10)5-6-17/h1-4,8-9,14,17H,5-7H2. The number of aliphatic hydroxyl groups excluding tert-OH is 1. The summed E-state index contributed by atoms with van der Waals surface area (Å²) in [5.74, 6) is 0. The number of benzene rings is 1. The highest BCUT2D eigenvalue weighted by atomic mass is 127. The van der Waals surface area contributed by atoms with E-state index in [9.17, 15) is 0 Å². The zero-order valence-electron chi connectivity index (χ0n) is 9.31. The van der Waals surface area contributed by atoms with Crippen LogP contribution in [-0.4, -0.2) is 21.5 Å². The van der Waals surface area contributed by atoms with Gasteiger partial charge < -0.3 is 10.4 Å². The van der Waals surface area contributed by atoms with E-state index in [1.807, 2.05) is 24.5 Å². The highest BCUT2D eigenvalue weighted by Gasteiger charge is 2.00. The fourth-order valence-electron chi connectivity index (χ4n) is 1.52. The molecule has 0 spiro atoms. The van der Waals surface area contributed by atoms with Crippen LogP contribution in [0, 0.1) is 3.57 Å². The van der Waals surface area contributed by atoms with E-state index >= 15 is 0 Å². The lowest BCUT2D eigenvalue weighted by molar-refractivity contribution is 0.269. The number of nitrogens with zero attached hydrogens (tertiary/aromatic N) is 2. The van der Waals surface area contributed by atoms with Crippen molar-refractivity contribution in [3.8, 4) is 0 Å². The predicted octanol–water partition coefficient (Wildman–Crippen LogP) is 2.09. The number of rotatable bonds is 5. The van der Waals surface area contributed by atoms with Crippen LogP contribution in [0.4, 0.5) is 5.69 Å². The van der Waals surface area contributed by atoms with Crippen molar-refractivity contribution in [2.24, 2.45) is 0 Å². The van der Waals surface area contributed by atoms with Gasteiger partial charge in [0.05, 0.1) is 19.3 Å². The largest absolute Gasteiger partial charge is 0.394 e. The lowest BCUT2D eigenvalue weighted by Crippen LogP contribution is -2.02. The smallest absolute Gasteiger partial charge is 0.0640 e. The summed E-state index contributed by atoms with van der Waals surface area (Å²) in [5.41, 5.74) is 2.24. The first-order valence-electron chi connectivity index (χ1n) is 5.40. The van der Waals surface area contributed by atoms with Gasteiger partial charge in [-0.25, -0.2) is 0 Å². The van der Waals surface area contributed by atoms with E-state index in [0.717, 1.165) is 17.8 Å². The fourth-order valence-corrected chi connectivity index (χ4v) is 2.10. The van der Waals surface area contributed by atoms with Crippen molar-refractivity contribution in [1.29, 1.82) is 0 Å². The van der Waals surface area contributed by atoms with Gasteiger partial charge in [0.1, 0.15) is 0 Å². The minimum absolute atomic E-state index is 0.116. The van der Waals surface area contributed by atoms with Crippen LogP contribution >= 0.6 is 22.6 Å². The highest BCUT2D eigenvalue weighted by molar-refractivity contribution is 14.1. The maximum Gasteiger partial charge on any atom is 0.0640 e. The number of hydrogen-bond acceptors (Lipinski definition) is 3. The molecule has 0 aliphatic rings. The average Bonchev–Trinajstić information content (AvgIpc) is 2.76. The second kappa shape index (κ2) is 6.02. The molecule has 0 fully saturated rings. The van der Waals surface area contributed by atoms with Crippen molar-refractivity contribution < 1.29 is 5.11 Å². The lowest BCUT2D eigenvalue weighted by Gasteiger charge is -2.06. The zero-order chi connectivity index (χ0) is 12.1. The predicted molar refractivity (Wildman–Crippen MR) is 75.8 cm³/mol. The van der Waals surface area contributed by atoms with E-state index in [1.165, 1.54) is 3.57 Å². The van der Waals surface area contributed by atoms with Crippen molar-refractivity contribution in [1.82, 2.24) is 9.78 Å². The summed E-state index contributed by atoms with van der Waals surface area (Å²) < 4.78 is 2.94. The molecule has 0 radical (unpaired) electrons. The Morgan fingerprint density at radius 3 is 2.94 bits per heavy atom. The van der Waals surface area contributed by atoms with Gasteiger partial charge in [0, 0.05) is 27.6 Å². The molecular weight excluding hydrogens is 329 g/mol. The van der Waals surface area contributed by atoms with E-state index in [2.05, 4.69) is 45.1 Å². The molecule has 0 aliphatic heterocycles. The van der Waals surface area contributed by atoms with Crippen molar-refractivity contribution in [2.45, 2.75) is 13.1 Å². The summed E-state index contributed by atoms with van der Waals surface area (Å²) in [6.45, 7) is 1.40. The molecule has 1 aromatic heterocycles. The van der Waals surface area contributed by atoms with Gasteiger partial charge in [-0.05, 0) is 34.7 Å². The number of aliphatic hydroxyl groups is 1. The van der Waals surface area contributed by atoms with Crippen LogP contribution < -0.4 is 5.32 Å². The summed E-state index contributed by atoms with van der Waals surface area (Å²) in [4.78, 5) is 0. The molecule has 1 aromatic carbocycles. The van der Waals surface area contributed by atoms with Gasteiger partial charge in [-0.15, -0.1) is 0 Å². The van der Waals surface area contributed by atoms with Gasteiger partial charge in [-0.1, -0.05) is 12.1 Å². The van der Waals surface area contributed by atoms with E-state index in [0.29, 0.717) is 6.54 Å². The first-order chi connectivity index (χ1) is 8.29. The van der Waals surface area contributed by atoms with Crippen molar-refractivity contribution in [3.05, 3.63) is 45.8 Å². The quantitative estimate of drug-likeness (QED) is 0.818. The van der Waals surface area contributed by atoms with Gasteiger partial charge in [0.2, 0.25) is 0 Å². The zero-order valence-corrected chi connectivity index (χ0v) is 11.5. The van der Waals surface area contributed by atoms with Crippen LogP contribution in [0.25, 0.3) is 0 Å². The molecule has 2 N–H and O–H groups in total. The third-order valence-corrected chi connectivity index (χ3v) is 3.31. The molecule has 5 heteroatoms. The fraction of sp³-hybridized carbons (Fsp3) is 0.250. The Morgan fingerprint density at radius 1 is 1.35 bits per heavy atom. The Labute approximate surface area is 114 Å². The number of hydrogen-bond donors (Lipinski definition) is 2. The molecule has 0 saturated heterocycles. The molecule has 0 bridgehead atoms. The van der Waals surface area contributed by atoms with Crippen LogP contribution in [0.3, 0.4) is 0 Å². The average molecular weight is 343 g/mol. The molecule has 2 rings (SSSR count). The first-order valence-corrected chi connectivity index (χ1v) is 6.48. The normalized spacial score (nSPS) is 10.5. The summed E-state index contributed by atoms with van der Waals surface area (Å²) in [7, 11) is 0. The maximum atomic E-state index is 8.80. The van der Waals surface area contributed by atoms with Crippen molar-refractivity contribution in [2.75, 3.05) is 11.9 Å². The van der Waals surface area contributed by atoms with Gasteiger partial charge in [0.25, 0.3) is 0 Å². The van der Waals surface area contributed by atoms with Crippen LogP contribution in [0.5, 0.6) is 0 Å². The lowest BCUT2D eigenvalue weighted by atomic mass is 10.3. The molecular formula is C12H14IN3O. The monoisotopic (exact) mass is 343 g/mol. The van der Waals surface area contributed by atoms with Gasteiger partial charge in [-0.2, -0.15) is 5.10 Å². The maximum absolute atomic E-state index is 8.80. The van der Waals surface area contributed by atoms with Crippen molar-refractivity contribution in [3.63, 3.8) is 0 Å². The third kappa shape index (κ3) is 3.44. The van der Waals surface area contributed by atoms with Crippen LogP contribution in [0.1, 0.15) is 5.56 Å². The molecule has 90 valence electrons. The van der Waals surface area contributed by atoms with Gasteiger partial charge in [0.15, 0.2) is 0 Å². The summed E-state index contributed by atoms with van der Waals surface area (Å²) in [6.07, 6.45) is 3.76. The molecule has 4 nitrogen and oxygen atoms in total. The topological polar surface area (TPSA) is 50.1 Å². The molecule has 0 aliphatic carbocycles. The number of halogens is 1. The molecule has 17 heavy (non-hydrogen) atoms. The van der Waals surface area contributed by atoms with Crippen LogP contribution in [-0.2, 0) is 13.1 Å². The van der Waals surface area contributed by atoms with E-state index in [1.54, 1.807) is 4.68 Å². The first kappa shape index (κ1) is 12.4. The van der Waals surface area contributed by atoms with E-state index in [-0.39, 0.29) is 6.61 Å². The second-order valence-corrected chi connectivity index (χ2v) is 4.83. The minimum atomic E-state index is 0.116. The minimum Gasteiger partial charge on any atom is -0.394 e. The number of aromatic nitrogens is 2. The number of para-hydroxylation sites is 1. The van der Waals surface area contributed by atoms with Gasteiger partial charge >= 0.3 is 0 Å². The Morgan fingerprint density at radius 2 is 2.18 bits per heavy atom. The Bertz CT molecular complexity index is 484. The summed E-state index contributed by atoms with van der Waals surface area (Å²) in [5, 5.41) is 16.3. The third-order valence-electron chi connectivity index (χ3n) is 2.37. The molecule has 0 atom stereocenters. The Kier molecular flexibility index (Phi) is 4.38. The number of nitrogens with one attached hydrogen (secondary N) is 1. The molecule has 0 saturated carbocycles. The molecule has 2 aromatic rings. The SMILES string of the molecule is OCCn1cc(CNc2ccccc2I)cn1. The summed E-state index contributed by atoms with van der Waals surface area (Å²) >= 11 is 2.31. The van der Waals surface area contributed by atoms with Crippen LogP contribution in [0.15, 0.2) is 36.7 Å². The Hall–Kier alpha value is -1.08. The highest BCUT2D eigenvalue weighted by Crippen LogP contribution is 2.17. The number of anilines is 1. The van der Waals surface area contributed by atoms with E-state index < -0.39 is 0 Å². The second-order valence-electron chi connectivity index (χ2n) is 3.67. The molecule has 0 amide bonds. The van der Waals surface area contributed by atoms with Crippen molar-refractivity contribution >= 4 is 28.3 Å².